The monoisotopic (exact) mass is 298 g/mol. The highest BCUT2D eigenvalue weighted by Crippen LogP contribution is 2.24. The number of hydrogen-bond donors (Lipinski definition) is 1. The van der Waals surface area contributed by atoms with Crippen molar-refractivity contribution >= 4 is 22.9 Å². The highest BCUT2D eigenvalue weighted by molar-refractivity contribution is 5.91. The van der Waals surface area contributed by atoms with Crippen molar-refractivity contribution in [3.05, 3.63) is 18.5 Å². The maximum absolute atomic E-state index is 11.6. The lowest BCUT2D eigenvalue weighted by Gasteiger charge is -2.40. The van der Waals surface area contributed by atoms with E-state index in [1.807, 2.05) is 24.2 Å². The molecule has 1 aliphatic rings. The first-order chi connectivity index (χ1) is 10.6. The second-order valence-electron chi connectivity index (χ2n) is 5.76. The van der Waals surface area contributed by atoms with Crippen LogP contribution in [0.25, 0.3) is 11.0 Å². The molecular formula is C15H18N6O. The van der Waals surface area contributed by atoms with Gasteiger partial charge in [0, 0.05) is 37.9 Å². The fourth-order valence-electron chi connectivity index (χ4n) is 2.96. The minimum atomic E-state index is -0.467. The summed E-state index contributed by atoms with van der Waals surface area (Å²) in [6.07, 6.45) is 4.49. The van der Waals surface area contributed by atoms with Gasteiger partial charge in [0.2, 0.25) is 5.95 Å². The van der Waals surface area contributed by atoms with E-state index >= 15 is 0 Å². The maximum Gasteiger partial charge on any atom is 0.325 e. The van der Waals surface area contributed by atoms with Gasteiger partial charge in [0.15, 0.2) is 6.07 Å². The van der Waals surface area contributed by atoms with Gasteiger partial charge in [-0.15, -0.1) is 0 Å². The number of nitrogens with zero attached hydrogens (tertiary/aromatic N) is 5. The lowest BCUT2D eigenvalue weighted by Crippen LogP contribution is -2.52. The second-order valence-corrected chi connectivity index (χ2v) is 5.76. The molecule has 0 radical (unpaired) electrons. The van der Waals surface area contributed by atoms with Crippen molar-refractivity contribution in [1.29, 1.82) is 5.26 Å². The van der Waals surface area contributed by atoms with Crippen LogP contribution in [-0.4, -0.2) is 51.9 Å². The number of nitrogens with one attached hydrogen (secondary N) is 1. The zero-order chi connectivity index (χ0) is 15.7. The van der Waals surface area contributed by atoms with Crippen molar-refractivity contribution < 1.29 is 4.79 Å². The highest BCUT2D eigenvalue weighted by atomic mass is 16.2. The van der Waals surface area contributed by atoms with E-state index in [2.05, 4.69) is 21.9 Å². The summed E-state index contributed by atoms with van der Waals surface area (Å²) in [5, 5.41) is 9.77. The molecule has 3 rings (SSSR count). The molecule has 0 aliphatic carbocycles. The van der Waals surface area contributed by atoms with E-state index in [0.29, 0.717) is 25.0 Å². The fraction of sp³-hybridized carbons (Fsp3) is 0.467. The van der Waals surface area contributed by atoms with E-state index < -0.39 is 5.91 Å². The van der Waals surface area contributed by atoms with E-state index in [4.69, 9.17) is 5.26 Å². The maximum atomic E-state index is 11.6. The fourth-order valence-corrected chi connectivity index (χ4v) is 2.96. The second kappa shape index (κ2) is 5.64. The van der Waals surface area contributed by atoms with E-state index in [1.54, 1.807) is 17.2 Å². The van der Waals surface area contributed by atoms with Crippen molar-refractivity contribution in [2.24, 2.45) is 5.92 Å². The van der Waals surface area contributed by atoms with Gasteiger partial charge in [0.1, 0.15) is 5.65 Å². The number of likely N-dealkylation sites (tertiary alicyclic amines) is 1. The Labute approximate surface area is 128 Å². The number of fused-ring (bicyclic) bond motifs is 1. The Bertz CT molecular complexity index is 733. The van der Waals surface area contributed by atoms with Gasteiger partial charge in [0.05, 0.1) is 6.04 Å². The van der Waals surface area contributed by atoms with Gasteiger partial charge in [-0.2, -0.15) is 10.2 Å². The van der Waals surface area contributed by atoms with Crippen LogP contribution in [0.2, 0.25) is 0 Å². The predicted octanol–water partition coefficient (Wildman–Crippen LogP) is 1.15. The van der Waals surface area contributed by atoms with Crippen LogP contribution in [-0.2, 0) is 4.79 Å². The first-order valence-corrected chi connectivity index (χ1v) is 7.32. The van der Waals surface area contributed by atoms with Crippen LogP contribution in [0.1, 0.15) is 13.3 Å². The smallest absolute Gasteiger partial charge is 0.325 e. The quantitative estimate of drug-likeness (QED) is 0.840. The third kappa shape index (κ3) is 2.48. The lowest BCUT2D eigenvalue weighted by molar-refractivity contribution is -0.126. The van der Waals surface area contributed by atoms with Crippen molar-refractivity contribution in [2.75, 3.05) is 25.0 Å². The molecule has 114 valence electrons. The molecule has 0 saturated carbocycles. The Morgan fingerprint density at radius 1 is 1.59 bits per heavy atom. The molecule has 1 N–H and O–H groups in total. The lowest BCUT2D eigenvalue weighted by atomic mass is 9.92. The first kappa shape index (κ1) is 14.3. The topological polar surface area (TPSA) is 88.9 Å². The molecule has 1 saturated heterocycles. The molecule has 1 amide bonds. The zero-order valence-corrected chi connectivity index (χ0v) is 12.7. The van der Waals surface area contributed by atoms with E-state index in [0.717, 1.165) is 17.5 Å². The summed E-state index contributed by atoms with van der Waals surface area (Å²) in [6.45, 7) is 3.31. The van der Waals surface area contributed by atoms with Crippen LogP contribution < -0.4 is 4.90 Å². The Kier molecular flexibility index (Phi) is 3.67. The summed E-state index contributed by atoms with van der Waals surface area (Å²) in [4.78, 5) is 27.2. The van der Waals surface area contributed by atoms with Crippen molar-refractivity contribution in [3.63, 3.8) is 0 Å². The number of aromatic nitrogens is 3. The average molecular weight is 298 g/mol. The van der Waals surface area contributed by atoms with Crippen molar-refractivity contribution in [2.45, 2.75) is 19.4 Å². The summed E-state index contributed by atoms with van der Waals surface area (Å²) >= 11 is 0. The molecule has 0 spiro atoms. The molecule has 1 aliphatic heterocycles. The summed E-state index contributed by atoms with van der Waals surface area (Å²) in [6, 6.07) is 3.72. The first-order valence-electron chi connectivity index (χ1n) is 7.32. The van der Waals surface area contributed by atoms with Crippen molar-refractivity contribution in [1.82, 2.24) is 19.9 Å². The van der Waals surface area contributed by atoms with Gasteiger partial charge in [-0.05, 0) is 18.4 Å². The number of carbonyl (C=O) groups is 1. The number of anilines is 1. The molecule has 3 heterocycles. The SMILES string of the molecule is C[C@@H]1CCN(C(=O)C#N)C[C@@H]1N(C)c1ncc2cc[nH]c2n1. The number of hydrogen-bond acceptors (Lipinski definition) is 5. The molecule has 0 bridgehead atoms. The standard InChI is InChI=1S/C15H18N6O/c1-10-4-6-21(13(22)7-16)9-12(10)20(2)15-18-8-11-3-5-17-14(11)19-15/h3,5,8,10,12H,4,6,9H2,1-2H3,(H,17,18,19)/t10-,12+/m1/s1. The Hall–Kier alpha value is -2.62. The van der Waals surface area contributed by atoms with Crippen molar-refractivity contribution in [3.8, 4) is 6.07 Å². The molecular weight excluding hydrogens is 280 g/mol. The van der Waals surface area contributed by atoms with E-state index in [-0.39, 0.29) is 6.04 Å². The third-order valence-electron chi connectivity index (χ3n) is 4.40. The minimum Gasteiger partial charge on any atom is -0.346 e. The molecule has 7 nitrogen and oxygen atoms in total. The van der Waals surface area contributed by atoms with E-state index in [1.165, 1.54) is 0 Å². The number of carbonyl (C=O) groups excluding carboxylic acids is 1. The number of rotatable bonds is 2. The largest absolute Gasteiger partial charge is 0.346 e. The third-order valence-corrected chi connectivity index (χ3v) is 4.40. The van der Waals surface area contributed by atoms with Crippen LogP contribution in [0.15, 0.2) is 18.5 Å². The van der Waals surface area contributed by atoms with Crippen LogP contribution in [0.3, 0.4) is 0 Å². The Morgan fingerprint density at radius 3 is 3.18 bits per heavy atom. The predicted molar refractivity (Wildman–Crippen MR) is 82.1 cm³/mol. The molecule has 22 heavy (non-hydrogen) atoms. The number of piperidine rings is 1. The van der Waals surface area contributed by atoms with Crippen LogP contribution >= 0.6 is 0 Å². The van der Waals surface area contributed by atoms with Gasteiger partial charge >= 0.3 is 5.91 Å². The van der Waals surface area contributed by atoms with Gasteiger partial charge < -0.3 is 14.8 Å². The summed E-state index contributed by atoms with van der Waals surface area (Å²) < 4.78 is 0. The molecule has 2 aromatic rings. The average Bonchev–Trinajstić information content (AvgIpc) is 3.01. The van der Waals surface area contributed by atoms with Crippen LogP contribution in [0.5, 0.6) is 0 Å². The minimum absolute atomic E-state index is 0.0958. The molecule has 2 aromatic heterocycles. The summed E-state index contributed by atoms with van der Waals surface area (Å²) in [5.41, 5.74) is 0.797. The number of nitriles is 1. The van der Waals surface area contributed by atoms with Crippen LogP contribution in [0, 0.1) is 17.2 Å². The number of H-pyrrole nitrogens is 1. The van der Waals surface area contributed by atoms with Gasteiger partial charge in [-0.1, -0.05) is 6.92 Å². The van der Waals surface area contributed by atoms with Gasteiger partial charge in [-0.3, -0.25) is 4.79 Å². The molecule has 0 unspecified atom stereocenters. The summed E-state index contributed by atoms with van der Waals surface area (Å²) in [5.74, 6) is 0.555. The Morgan fingerprint density at radius 2 is 2.41 bits per heavy atom. The number of amides is 1. The van der Waals surface area contributed by atoms with Gasteiger partial charge in [-0.25, -0.2) is 4.98 Å². The number of likely N-dealkylation sites (N-methyl/N-ethyl adjacent to an activating group) is 1. The number of aromatic amines is 1. The molecule has 1 fully saturated rings. The summed E-state index contributed by atoms with van der Waals surface area (Å²) in [7, 11) is 1.94. The molecule has 0 aromatic carbocycles. The molecule has 2 atom stereocenters. The van der Waals surface area contributed by atoms with Crippen LogP contribution in [0.4, 0.5) is 5.95 Å². The Balaban J connectivity index is 1.84. The normalized spacial score (nSPS) is 21.6. The molecule has 7 heteroatoms. The zero-order valence-electron chi connectivity index (χ0n) is 12.7. The highest BCUT2D eigenvalue weighted by Gasteiger charge is 2.32. The van der Waals surface area contributed by atoms with E-state index in [9.17, 15) is 4.79 Å². The van der Waals surface area contributed by atoms with Gasteiger partial charge in [0.25, 0.3) is 0 Å².